The first-order chi connectivity index (χ1) is 14.2. The summed E-state index contributed by atoms with van der Waals surface area (Å²) < 4.78 is 10.4. The zero-order valence-electron chi connectivity index (χ0n) is 15.8. The predicted molar refractivity (Wildman–Crippen MR) is 111 cm³/mol. The molecule has 0 amide bonds. The highest BCUT2D eigenvalue weighted by Crippen LogP contribution is 2.24. The van der Waals surface area contributed by atoms with Gasteiger partial charge in [0.25, 0.3) is 0 Å². The standard InChI is InChI=1S/C24H18N2O3/c1-28-21-13-11-20(12-14-21)24(27)29-23-16-15-22(25-26-23)19-9-7-18(8-10-19)17-5-3-2-4-6-17/h2-16H,1H3. The van der Waals surface area contributed by atoms with Gasteiger partial charge in [-0.3, -0.25) is 0 Å². The van der Waals surface area contributed by atoms with Crippen molar-refractivity contribution < 1.29 is 14.3 Å². The molecule has 0 aliphatic heterocycles. The lowest BCUT2D eigenvalue weighted by Crippen LogP contribution is -2.09. The van der Waals surface area contributed by atoms with E-state index >= 15 is 0 Å². The first-order valence-corrected chi connectivity index (χ1v) is 9.09. The molecule has 0 aliphatic carbocycles. The second-order valence-electron chi connectivity index (χ2n) is 6.32. The maximum atomic E-state index is 12.2. The summed E-state index contributed by atoms with van der Waals surface area (Å²) in [6, 6.07) is 28.3. The van der Waals surface area contributed by atoms with Crippen LogP contribution in [0.3, 0.4) is 0 Å². The second kappa shape index (κ2) is 8.35. The number of nitrogens with zero attached hydrogens (tertiary/aromatic N) is 2. The molecule has 1 heterocycles. The summed E-state index contributed by atoms with van der Waals surface area (Å²) in [4.78, 5) is 12.2. The zero-order chi connectivity index (χ0) is 20.1. The molecule has 3 aromatic carbocycles. The van der Waals surface area contributed by atoms with Crippen molar-refractivity contribution in [1.82, 2.24) is 10.2 Å². The van der Waals surface area contributed by atoms with E-state index in [2.05, 4.69) is 22.3 Å². The minimum atomic E-state index is -0.498. The van der Waals surface area contributed by atoms with Crippen LogP contribution in [-0.4, -0.2) is 23.3 Å². The monoisotopic (exact) mass is 382 g/mol. The van der Waals surface area contributed by atoms with Gasteiger partial charge in [0.2, 0.25) is 5.88 Å². The van der Waals surface area contributed by atoms with Gasteiger partial charge in [-0.05, 0) is 41.5 Å². The molecule has 0 spiro atoms. The highest BCUT2D eigenvalue weighted by atomic mass is 16.5. The predicted octanol–water partition coefficient (Wildman–Crippen LogP) is 5.04. The number of hydrogen-bond donors (Lipinski definition) is 0. The van der Waals surface area contributed by atoms with Crippen LogP contribution in [0.2, 0.25) is 0 Å². The van der Waals surface area contributed by atoms with Crippen LogP contribution in [0.15, 0.2) is 91.0 Å². The molecule has 0 unspecified atom stereocenters. The summed E-state index contributed by atoms with van der Waals surface area (Å²) in [6.45, 7) is 0. The van der Waals surface area contributed by atoms with Crippen molar-refractivity contribution in [3.05, 3.63) is 96.6 Å². The molecule has 0 saturated carbocycles. The van der Waals surface area contributed by atoms with Crippen molar-refractivity contribution in [1.29, 1.82) is 0 Å². The second-order valence-corrected chi connectivity index (χ2v) is 6.32. The maximum absolute atomic E-state index is 12.2. The fourth-order valence-electron chi connectivity index (χ4n) is 2.87. The Balaban J connectivity index is 1.45. The molecule has 4 aromatic rings. The summed E-state index contributed by atoms with van der Waals surface area (Å²) in [5, 5.41) is 8.20. The Hall–Kier alpha value is -3.99. The first kappa shape index (κ1) is 18.4. The van der Waals surface area contributed by atoms with Crippen LogP contribution >= 0.6 is 0 Å². The van der Waals surface area contributed by atoms with Crippen LogP contribution in [-0.2, 0) is 0 Å². The molecule has 5 nitrogen and oxygen atoms in total. The fourth-order valence-corrected chi connectivity index (χ4v) is 2.87. The van der Waals surface area contributed by atoms with Gasteiger partial charge in [-0.25, -0.2) is 4.79 Å². The molecule has 4 rings (SSSR count). The minimum absolute atomic E-state index is 0.149. The van der Waals surface area contributed by atoms with E-state index in [1.165, 1.54) is 0 Å². The van der Waals surface area contributed by atoms with E-state index in [4.69, 9.17) is 9.47 Å². The maximum Gasteiger partial charge on any atom is 0.344 e. The Bertz CT molecular complexity index is 1090. The number of esters is 1. The third kappa shape index (κ3) is 4.30. The minimum Gasteiger partial charge on any atom is -0.497 e. The molecule has 29 heavy (non-hydrogen) atoms. The van der Waals surface area contributed by atoms with Crippen LogP contribution in [0.5, 0.6) is 11.6 Å². The number of rotatable bonds is 5. The molecular formula is C24H18N2O3. The van der Waals surface area contributed by atoms with Crippen molar-refractivity contribution in [3.8, 4) is 34.0 Å². The topological polar surface area (TPSA) is 61.3 Å². The molecule has 0 saturated heterocycles. The third-order valence-corrected chi connectivity index (χ3v) is 4.45. The summed E-state index contributed by atoms with van der Waals surface area (Å²) in [6.07, 6.45) is 0. The lowest BCUT2D eigenvalue weighted by molar-refractivity contribution is 0.0726. The third-order valence-electron chi connectivity index (χ3n) is 4.45. The molecular weight excluding hydrogens is 364 g/mol. The van der Waals surface area contributed by atoms with Gasteiger partial charge in [-0.2, -0.15) is 0 Å². The van der Waals surface area contributed by atoms with E-state index in [0.29, 0.717) is 17.0 Å². The van der Waals surface area contributed by atoms with Gasteiger partial charge in [-0.1, -0.05) is 54.6 Å². The molecule has 5 heteroatoms. The molecule has 0 aliphatic rings. The fraction of sp³-hybridized carbons (Fsp3) is 0.0417. The van der Waals surface area contributed by atoms with E-state index in [0.717, 1.165) is 16.7 Å². The number of ether oxygens (including phenoxy) is 2. The van der Waals surface area contributed by atoms with Gasteiger partial charge >= 0.3 is 5.97 Å². The Morgan fingerprint density at radius 3 is 1.97 bits per heavy atom. The highest BCUT2D eigenvalue weighted by molar-refractivity contribution is 5.91. The quantitative estimate of drug-likeness (QED) is 0.453. The largest absolute Gasteiger partial charge is 0.497 e. The normalized spacial score (nSPS) is 10.4. The molecule has 142 valence electrons. The number of hydrogen-bond acceptors (Lipinski definition) is 5. The van der Waals surface area contributed by atoms with Gasteiger partial charge in [0, 0.05) is 11.6 Å². The number of carbonyl (C=O) groups is 1. The SMILES string of the molecule is COc1ccc(C(=O)Oc2ccc(-c3ccc(-c4ccccc4)cc3)nn2)cc1. The van der Waals surface area contributed by atoms with E-state index in [1.807, 2.05) is 42.5 Å². The molecule has 0 bridgehead atoms. The first-order valence-electron chi connectivity index (χ1n) is 9.09. The number of benzene rings is 3. The van der Waals surface area contributed by atoms with E-state index in [1.54, 1.807) is 43.5 Å². The molecule has 0 N–H and O–H groups in total. The van der Waals surface area contributed by atoms with Gasteiger partial charge in [0.05, 0.1) is 18.4 Å². The number of methoxy groups -OCH3 is 1. The van der Waals surface area contributed by atoms with E-state index in [-0.39, 0.29) is 5.88 Å². The summed E-state index contributed by atoms with van der Waals surface area (Å²) in [5.41, 5.74) is 4.34. The summed E-state index contributed by atoms with van der Waals surface area (Å²) in [5.74, 6) is 0.321. The van der Waals surface area contributed by atoms with Crippen molar-refractivity contribution in [2.45, 2.75) is 0 Å². The van der Waals surface area contributed by atoms with Crippen molar-refractivity contribution >= 4 is 5.97 Å². The van der Waals surface area contributed by atoms with Crippen molar-refractivity contribution in [2.75, 3.05) is 7.11 Å². The highest BCUT2D eigenvalue weighted by Gasteiger charge is 2.10. The van der Waals surface area contributed by atoms with E-state index in [9.17, 15) is 4.79 Å². The van der Waals surface area contributed by atoms with Crippen LogP contribution in [0.4, 0.5) is 0 Å². The molecule has 0 fully saturated rings. The Labute approximate surface area is 168 Å². The smallest absolute Gasteiger partial charge is 0.344 e. The summed E-state index contributed by atoms with van der Waals surface area (Å²) >= 11 is 0. The Morgan fingerprint density at radius 1 is 0.690 bits per heavy atom. The van der Waals surface area contributed by atoms with Crippen molar-refractivity contribution in [2.24, 2.45) is 0 Å². The molecule has 0 radical (unpaired) electrons. The van der Waals surface area contributed by atoms with Gasteiger partial charge in [0.15, 0.2) is 0 Å². The number of aromatic nitrogens is 2. The van der Waals surface area contributed by atoms with Crippen LogP contribution in [0.1, 0.15) is 10.4 Å². The van der Waals surface area contributed by atoms with Crippen LogP contribution in [0, 0.1) is 0 Å². The van der Waals surface area contributed by atoms with Gasteiger partial charge in [0.1, 0.15) is 5.75 Å². The van der Waals surface area contributed by atoms with Gasteiger partial charge < -0.3 is 9.47 Å². The molecule has 1 aromatic heterocycles. The molecule has 0 atom stereocenters. The van der Waals surface area contributed by atoms with Crippen LogP contribution < -0.4 is 9.47 Å². The Kier molecular flexibility index (Phi) is 5.29. The average Bonchev–Trinajstić information content (AvgIpc) is 2.80. The lowest BCUT2D eigenvalue weighted by Gasteiger charge is -2.06. The van der Waals surface area contributed by atoms with E-state index < -0.39 is 5.97 Å². The van der Waals surface area contributed by atoms with Crippen LogP contribution in [0.25, 0.3) is 22.4 Å². The van der Waals surface area contributed by atoms with Crippen molar-refractivity contribution in [3.63, 3.8) is 0 Å². The average molecular weight is 382 g/mol. The lowest BCUT2D eigenvalue weighted by atomic mass is 10.0. The summed E-state index contributed by atoms with van der Waals surface area (Å²) in [7, 11) is 1.57. The number of carbonyl (C=O) groups excluding carboxylic acids is 1. The Morgan fingerprint density at radius 2 is 1.34 bits per heavy atom. The zero-order valence-corrected chi connectivity index (χ0v) is 15.8. The van der Waals surface area contributed by atoms with Gasteiger partial charge in [-0.15, -0.1) is 10.2 Å².